The summed E-state index contributed by atoms with van der Waals surface area (Å²) in [5.41, 5.74) is 1.91. The highest BCUT2D eigenvalue weighted by Gasteiger charge is 2.38. The Bertz CT molecular complexity index is 554. The number of benzene rings is 1. The Morgan fingerprint density at radius 3 is 2.58 bits per heavy atom. The quantitative estimate of drug-likeness (QED) is 0.572. The van der Waals surface area contributed by atoms with E-state index >= 15 is 0 Å². The molecule has 0 bridgehead atoms. The number of rotatable bonds is 7. The van der Waals surface area contributed by atoms with Crippen molar-refractivity contribution in [2.24, 2.45) is 5.92 Å². The van der Waals surface area contributed by atoms with Gasteiger partial charge in [0.2, 0.25) is 0 Å². The number of fused-ring (bicyclic) bond motifs is 1. The predicted octanol–water partition coefficient (Wildman–Crippen LogP) is 2.16. The Morgan fingerprint density at radius 2 is 2.04 bits per heavy atom. The molecule has 0 aliphatic heterocycles. The molecule has 2 atom stereocenters. The highest BCUT2D eigenvalue weighted by molar-refractivity contribution is 6.40. The number of carboxylic acid groups (broad SMARTS) is 1. The molecule has 0 amide bonds. The molecule has 0 spiro atoms. The first kappa shape index (κ1) is 20.6. The van der Waals surface area contributed by atoms with Gasteiger partial charge in [0, 0.05) is 12.1 Å². The highest BCUT2D eigenvalue weighted by Crippen LogP contribution is 2.41. The summed E-state index contributed by atoms with van der Waals surface area (Å²) in [7, 11) is 0.344. The van der Waals surface area contributed by atoms with Crippen molar-refractivity contribution in [1.29, 1.82) is 0 Å². The number of aliphatic carboxylic acids is 1. The molecular formula is C17H27BFNO4. The third kappa shape index (κ3) is 5.03. The van der Waals surface area contributed by atoms with Crippen LogP contribution in [0.4, 0.5) is 4.39 Å². The van der Waals surface area contributed by atoms with Crippen LogP contribution in [0.1, 0.15) is 49.3 Å². The lowest BCUT2D eigenvalue weighted by Crippen LogP contribution is -2.19. The van der Waals surface area contributed by atoms with Gasteiger partial charge in [0.15, 0.2) is 0 Å². The van der Waals surface area contributed by atoms with Gasteiger partial charge in [-0.2, -0.15) is 0 Å². The van der Waals surface area contributed by atoms with Crippen molar-refractivity contribution in [1.82, 2.24) is 5.32 Å². The number of carbonyl (C=O) groups is 1. The predicted molar refractivity (Wildman–Crippen MR) is 92.3 cm³/mol. The molecule has 24 heavy (non-hydrogen) atoms. The van der Waals surface area contributed by atoms with Crippen LogP contribution in [0.2, 0.25) is 6.32 Å². The average molecular weight is 339 g/mol. The van der Waals surface area contributed by atoms with Crippen LogP contribution in [0.3, 0.4) is 0 Å². The maximum Gasteiger partial charge on any atom is 0.451 e. The summed E-state index contributed by atoms with van der Waals surface area (Å²) < 4.78 is 14.0. The van der Waals surface area contributed by atoms with Gasteiger partial charge < -0.3 is 20.5 Å². The fourth-order valence-corrected chi connectivity index (χ4v) is 3.29. The average Bonchev–Trinajstić information content (AvgIpc) is 2.87. The maximum absolute atomic E-state index is 14.0. The smallest absolute Gasteiger partial charge is 0.451 e. The number of hydrogen-bond donors (Lipinski definition) is 4. The second-order valence-electron chi connectivity index (χ2n) is 5.86. The molecule has 1 aliphatic rings. The molecular weight excluding hydrogens is 312 g/mol. The zero-order valence-corrected chi connectivity index (χ0v) is 14.6. The van der Waals surface area contributed by atoms with Crippen LogP contribution in [0.5, 0.6) is 0 Å². The van der Waals surface area contributed by atoms with Crippen LogP contribution in [0.15, 0.2) is 12.1 Å². The molecule has 134 valence electrons. The van der Waals surface area contributed by atoms with Crippen LogP contribution in [-0.2, 0) is 17.8 Å². The second kappa shape index (κ2) is 9.76. The standard InChI is InChI=1S/C15H21BFNO4.C2H6/c1-18-8-11-6-12-10(7-13(11)17)5-9(14(12)15(19)20)3-2-4-16(21)22;1-2/h6-7,9,14,18,21-22H,2-5,8H2,1H3,(H,19,20);1-2H3. The minimum Gasteiger partial charge on any atom is -0.481 e. The van der Waals surface area contributed by atoms with Crippen molar-refractivity contribution in [3.05, 3.63) is 34.6 Å². The van der Waals surface area contributed by atoms with Crippen molar-refractivity contribution >= 4 is 13.1 Å². The van der Waals surface area contributed by atoms with Gasteiger partial charge in [0.25, 0.3) is 0 Å². The van der Waals surface area contributed by atoms with E-state index in [1.165, 1.54) is 6.07 Å². The molecule has 0 aromatic heterocycles. The minimum absolute atomic E-state index is 0.129. The fourth-order valence-electron chi connectivity index (χ4n) is 3.29. The molecule has 1 aromatic rings. The van der Waals surface area contributed by atoms with E-state index < -0.39 is 19.0 Å². The molecule has 0 saturated carbocycles. The van der Waals surface area contributed by atoms with Crippen molar-refractivity contribution in [3.8, 4) is 0 Å². The summed E-state index contributed by atoms with van der Waals surface area (Å²) >= 11 is 0. The lowest BCUT2D eigenvalue weighted by atomic mass is 9.80. The van der Waals surface area contributed by atoms with Crippen LogP contribution >= 0.6 is 0 Å². The van der Waals surface area contributed by atoms with Gasteiger partial charge in [-0.25, -0.2) is 4.39 Å². The van der Waals surface area contributed by atoms with E-state index in [1.54, 1.807) is 13.1 Å². The van der Waals surface area contributed by atoms with E-state index in [0.29, 0.717) is 36.9 Å². The lowest BCUT2D eigenvalue weighted by molar-refractivity contribution is -0.139. The van der Waals surface area contributed by atoms with Crippen molar-refractivity contribution < 1.29 is 24.3 Å². The van der Waals surface area contributed by atoms with E-state index in [9.17, 15) is 14.3 Å². The number of nitrogens with one attached hydrogen (secondary N) is 1. The molecule has 1 aliphatic carbocycles. The van der Waals surface area contributed by atoms with E-state index in [2.05, 4.69) is 5.32 Å². The Hall–Kier alpha value is -1.44. The van der Waals surface area contributed by atoms with Gasteiger partial charge in [0.05, 0.1) is 5.92 Å². The Balaban J connectivity index is 0.00000139. The SMILES string of the molecule is CC.CNCc1cc2c(cc1F)CC(CCCB(O)O)C2C(=O)O. The van der Waals surface area contributed by atoms with Crippen LogP contribution < -0.4 is 5.32 Å². The van der Waals surface area contributed by atoms with Gasteiger partial charge >= 0.3 is 13.1 Å². The first-order valence-corrected chi connectivity index (χ1v) is 8.48. The third-order valence-electron chi connectivity index (χ3n) is 4.27. The Morgan fingerprint density at radius 1 is 1.38 bits per heavy atom. The summed E-state index contributed by atoms with van der Waals surface area (Å²) in [5.74, 6) is -2.00. The maximum atomic E-state index is 14.0. The van der Waals surface area contributed by atoms with Crippen LogP contribution in [0.25, 0.3) is 0 Å². The number of halogens is 1. The number of hydrogen-bond acceptors (Lipinski definition) is 4. The molecule has 0 heterocycles. The normalized spacial score (nSPS) is 18.6. The van der Waals surface area contributed by atoms with Gasteiger partial charge in [-0.15, -0.1) is 0 Å². The summed E-state index contributed by atoms with van der Waals surface area (Å²) in [6.45, 7) is 4.35. The zero-order chi connectivity index (χ0) is 18.3. The van der Waals surface area contributed by atoms with E-state index in [-0.39, 0.29) is 18.1 Å². The molecule has 4 N–H and O–H groups in total. The molecule has 0 fully saturated rings. The monoisotopic (exact) mass is 339 g/mol. The van der Waals surface area contributed by atoms with Gasteiger partial charge in [-0.3, -0.25) is 4.79 Å². The van der Waals surface area contributed by atoms with Gasteiger partial charge in [-0.05, 0) is 49.3 Å². The topological polar surface area (TPSA) is 89.8 Å². The van der Waals surface area contributed by atoms with E-state index in [0.717, 1.165) is 5.56 Å². The number of carboxylic acids is 1. The molecule has 5 nitrogen and oxygen atoms in total. The highest BCUT2D eigenvalue weighted by atomic mass is 19.1. The molecule has 0 radical (unpaired) electrons. The lowest BCUT2D eigenvalue weighted by Gasteiger charge is -2.16. The summed E-state index contributed by atoms with van der Waals surface area (Å²) in [5, 5.41) is 30.2. The third-order valence-corrected chi connectivity index (χ3v) is 4.27. The second-order valence-corrected chi connectivity index (χ2v) is 5.86. The summed E-state index contributed by atoms with van der Waals surface area (Å²) in [4.78, 5) is 11.6. The van der Waals surface area contributed by atoms with E-state index in [4.69, 9.17) is 10.0 Å². The zero-order valence-electron chi connectivity index (χ0n) is 14.6. The molecule has 7 heteroatoms. The summed E-state index contributed by atoms with van der Waals surface area (Å²) in [6.07, 6.45) is 1.85. The van der Waals surface area contributed by atoms with Crippen LogP contribution in [0, 0.1) is 11.7 Å². The van der Waals surface area contributed by atoms with Crippen molar-refractivity contribution in [2.75, 3.05) is 7.05 Å². The minimum atomic E-state index is -1.37. The summed E-state index contributed by atoms with van der Waals surface area (Å²) in [6, 6.07) is 3.10. The molecule has 0 saturated heterocycles. The first-order valence-electron chi connectivity index (χ1n) is 8.48. The van der Waals surface area contributed by atoms with Crippen molar-refractivity contribution in [3.63, 3.8) is 0 Å². The first-order chi connectivity index (χ1) is 11.4. The molecule has 2 rings (SSSR count). The molecule has 2 unspecified atom stereocenters. The van der Waals surface area contributed by atoms with Crippen molar-refractivity contribution in [2.45, 2.75) is 51.9 Å². The van der Waals surface area contributed by atoms with E-state index in [1.807, 2.05) is 13.8 Å². The largest absolute Gasteiger partial charge is 0.481 e. The Kier molecular flexibility index (Phi) is 8.38. The fraction of sp³-hybridized carbons (Fsp3) is 0.588. The van der Waals surface area contributed by atoms with Crippen LogP contribution in [-0.4, -0.2) is 35.3 Å². The van der Waals surface area contributed by atoms with Gasteiger partial charge in [0.1, 0.15) is 5.82 Å². The Labute approximate surface area is 143 Å². The molecule has 1 aromatic carbocycles. The van der Waals surface area contributed by atoms with Gasteiger partial charge in [-0.1, -0.05) is 26.3 Å².